The molecule has 1 aromatic carbocycles. The first-order valence-electron chi connectivity index (χ1n) is 4.59. The smallest absolute Gasteiger partial charge is 0.221 e. The minimum atomic E-state index is -0.0352. The molecule has 0 aliphatic carbocycles. The lowest BCUT2D eigenvalue weighted by atomic mass is 10.2. The van der Waals surface area contributed by atoms with E-state index in [1.165, 1.54) is 12.5 Å². The Morgan fingerprint density at radius 2 is 2.14 bits per heavy atom. The summed E-state index contributed by atoms with van der Waals surface area (Å²) in [6, 6.07) is 7.87. The first kappa shape index (κ1) is 10.7. The van der Waals surface area contributed by atoms with E-state index in [9.17, 15) is 4.79 Å². The van der Waals surface area contributed by atoms with Crippen LogP contribution in [0.5, 0.6) is 0 Å². The van der Waals surface area contributed by atoms with Gasteiger partial charge in [-0.3, -0.25) is 4.79 Å². The van der Waals surface area contributed by atoms with Gasteiger partial charge in [0.1, 0.15) is 0 Å². The third-order valence-electron chi connectivity index (χ3n) is 1.75. The van der Waals surface area contributed by atoms with Crippen molar-refractivity contribution in [2.45, 2.75) is 13.5 Å². The van der Waals surface area contributed by atoms with Gasteiger partial charge in [0.05, 0.1) is 0 Å². The zero-order chi connectivity index (χ0) is 10.6. The number of amides is 1. The Balaban J connectivity index is 2.73. The second-order valence-corrected chi connectivity index (χ2v) is 3.62. The van der Waals surface area contributed by atoms with Crippen LogP contribution in [0.1, 0.15) is 12.5 Å². The molecule has 1 aromatic rings. The maximum atomic E-state index is 10.8. The minimum Gasteiger partial charge on any atom is -0.326 e. The van der Waals surface area contributed by atoms with Gasteiger partial charge >= 0.3 is 0 Å². The van der Waals surface area contributed by atoms with Crippen LogP contribution in [0.25, 0.3) is 0 Å². The van der Waals surface area contributed by atoms with Gasteiger partial charge in [-0.05, 0) is 31.8 Å². The van der Waals surface area contributed by atoms with Crippen molar-refractivity contribution in [3.05, 3.63) is 29.8 Å². The van der Waals surface area contributed by atoms with Crippen LogP contribution in [0.4, 0.5) is 5.69 Å². The molecule has 0 fully saturated rings. The molecule has 1 rings (SSSR count). The highest BCUT2D eigenvalue weighted by molar-refractivity contribution is 5.88. The highest BCUT2D eigenvalue weighted by atomic mass is 16.1. The van der Waals surface area contributed by atoms with Crippen molar-refractivity contribution < 1.29 is 4.79 Å². The fraction of sp³-hybridized carbons (Fsp3) is 0.364. The Kier molecular flexibility index (Phi) is 3.65. The van der Waals surface area contributed by atoms with Crippen LogP contribution in [0, 0.1) is 0 Å². The molecule has 0 aliphatic heterocycles. The molecule has 0 bridgehead atoms. The number of hydrogen-bond acceptors (Lipinski definition) is 2. The molecule has 1 N–H and O–H groups in total. The van der Waals surface area contributed by atoms with E-state index in [2.05, 4.69) is 10.2 Å². The predicted octanol–water partition coefficient (Wildman–Crippen LogP) is 1.71. The van der Waals surface area contributed by atoms with Gasteiger partial charge < -0.3 is 10.2 Å². The van der Waals surface area contributed by atoms with E-state index in [1.807, 2.05) is 38.4 Å². The first-order chi connectivity index (χ1) is 6.58. The molecule has 0 aliphatic rings. The zero-order valence-corrected chi connectivity index (χ0v) is 8.87. The van der Waals surface area contributed by atoms with E-state index in [0.717, 1.165) is 12.2 Å². The van der Waals surface area contributed by atoms with Crippen LogP contribution in [0.3, 0.4) is 0 Å². The van der Waals surface area contributed by atoms with Crippen LogP contribution in [-0.4, -0.2) is 24.9 Å². The van der Waals surface area contributed by atoms with E-state index in [1.54, 1.807) is 0 Å². The van der Waals surface area contributed by atoms with Crippen LogP contribution in [0.15, 0.2) is 24.3 Å². The molecule has 0 saturated heterocycles. The number of hydrogen-bond donors (Lipinski definition) is 1. The van der Waals surface area contributed by atoms with Gasteiger partial charge in [0.25, 0.3) is 0 Å². The number of nitrogens with zero attached hydrogens (tertiary/aromatic N) is 1. The summed E-state index contributed by atoms with van der Waals surface area (Å²) < 4.78 is 0. The molecule has 0 unspecified atom stereocenters. The average Bonchev–Trinajstić information content (AvgIpc) is 2.01. The molecule has 76 valence electrons. The first-order valence-corrected chi connectivity index (χ1v) is 4.59. The van der Waals surface area contributed by atoms with Crippen molar-refractivity contribution >= 4 is 11.6 Å². The van der Waals surface area contributed by atoms with Crippen LogP contribution < -0.4 is 5.32 Å². The molecule has 3 nitrogen and oxygen atoms in total. The van der Waals surface area contributed by atoms with Crippen molar-refractivity contribution in [2.24, 2.45) is 0 Å². The Bertz CT molecular complexity index is 321. The van der Waals surface area contributed by atoms with Gasteiger partial charge in [0.2, 0.25) is 5.91 Å². The molecule has 3 heteroatoms. The fourth-order valence-corrected chi connectivity index (χ4v) is 1.32. The Morgan fingerprint density at radius 1 is 1.43 bits per heavy atom. The lowest BCUT2D eigenvalue weighted by Crippen LogP contribution is -2.11. The van der Waals surface area contributed by atoms with Crippen molar-refractivity contribution in [2.75, 3.05) is 19.4 Å². The van der Waals surface area contributed by atoms with E-state index < -0.39 is 0 Å². The summed E-state index contributed by atoms with van der Waals surface area (Å²) in [5.74, 6) is -0.0352. The normalized spacial score (nSPS) is 10.3. The monoisotopic (exact) mass is 192 g/mol. The Labute approximate surface area is 84.7 Å². The van der Waals surface area contributed by atoms with Crippen molar-refractivity contribution in [3.63, 3.8) is 0 Å². The summed E-state index contributed by atoms with van der Waals surface area (Å²) in [6.45, 7) is 2.39. The molecule has 14 heavy (non-hydrogen) atoms. The molecule has 0 radical (unpaired) electrons. The summed E-state index contributed by atoms with van der Waals surface area (Å²) in [6.07, 6.45) is 0. The number of benzene rings is 1. The van der Waals surface area contributed by atoms with E-state index in [-0.39, 0.29) is 5.91 Å². The summed E-state index contributed by atoms with van der Waals surface area (Å²) >= 11 is 0. The van der Waals surface area contributed by atoms with Crippen LogP contribution in [-0.2, 0) is 11.3 Å². The van der Waals surface area contributed by atoms with Crippen LogP contribution in [0.2, 0.25) is 0 Å². The van der Waals surface area contributed by atoms with Crippen molar-refractivity contribution in [1.29, 1.82) is 0 Å². The summed E-state index contributed by atoms with van der Waals surface area (Å²) in [5.41, 5.74) is 2.05. The Hall–Kier alpha value is -1.35. The van der Waals surface area contributed by atoms with E-state index >= 15 is 0 Å². The average molecular weight is 192 g/mol. The second-order valence-electron chi connectivity index (χ2n) is 3.62. The lowest BCUT2D eigenvalue weighted by molar-refractivity contribution is -0.114. The number of rotatable bonds is 3. The largest absolute Gasteiger partial charge is 0.326 e. The lowest BCUT2D eigenvalue weighted by Gasteiger charge is -2.10. The maximum Gasteiger partial charge on any atom is 0.221 e. The number of carbonyl (C=O) groups is 1. The highest BCUT2D eigenvalue weighted by Gasteiger charge is 1.98. The number of carbonyl (C=O) groups excluding carboxylic acids is 1. The topological polar surface area (TPSA) is 32.3 Å². The van der Waals surface area contributed by atoms with Gasteiger partial charge in [-0.15, -0.1) is 0 Å². The molecule has 1 amide bonds. The molecular weight excluding hydrogens is 176 g/mol. The molecule has 0 heterocycles. The maximum absolute atomic E-state index is 10.8. The molecule has 0 saturated carbocycles. The van der Waals surface area contributed by atoms with Crippen molar-refractivity contribution in [1.82, 2.24) is 4.90 Å². The second kappa shape index (κ2) is 4.77. The summed E-state index contributed by atoms with van der Waals surface area (Å²) in [5, 5.41) is 2.76. The summed E-state index contributed by atoms with van der Waals surface area (Å²) in [7, 11) is 4.04. The fourth-order valence-electron chi connectivity index (χ4n) is 1.32. The number of nitrogens with one attached hydrogen (secondary N) is 1. The van der Waals surface area contributed by atoms with Gasteiger partial charge in [-0.25, -0.2) is 0 Å². The van der Waals surface area contributed by atoms with Gasteiger partial charge in [-0.2, -0.15) is 0 Å². The minimum absolute atomic E-state index is 0.0352. The SMILES string of the molecule is CC(=O)Nc1cccc(CN(C)C)c1. The van der Waals surface area contributed by atoms with E-state index in [0.29, 0.717) is 0 Å². The zero-order valence-electron chi connectivity index (χ0n) is 8.87. The predicted molar refractivity (Wildman–Crippen MR) is 58.1 cm³/mol. The van der Waals surface area contributed by atoms with Crippen molar-refractivity contribution in [3.8, 4) is 0 Å². The van der Waals surface area contributed by atoms with Gasteiger partial charge in [0, 0.05) is 19.2 Å². The van der Waals surface area contributed by atoms with Crippen LogP contribution >= 0.6 is 0 Å². The Morgan fingerprint density at radius 3 is 2.71 bits per heavy atom. The third-order valence-corrected chi connectivity index (χ3v) is 1.75. The quantitative estimate of drug-likeness (QED) is 0.790. The third kappa shape index (κ3) is 3.58. The molecule has 0 atom stereocenters. The van der Waals surface area contributed by atoms with Gasteiger partial charge in [-0.1, -0.05) is 12.1 Å². The summed E-state index contributed by atoms with van der Waals surface area (Å²) in [4.78, 5) is 12.9. The molecular formula is C11H16N2O. The highest BCUT2D eigenvalue weighted by Crippen LogP contribution is 2.11. The molecule has 0 aromatic heterocycles. The standard InChI is InChI=1S/C11H16N2O/c1-9(14)12-11-6-4-5-10(7-11)8-13(2)3/h4-7H,8H2,1-3H3,(H,12,14). The van der Waals surface area contributed by atoms with Gasteiger partial charge in [0.15, 0.2) is 0 Å². The number of anilines is 1. The van der Waals surface area contributed by atoms with E-state index in [4.69, 9.17) is 0 Å². The molecule has 0 spiro atoms.